The van der Waals surface area contributed by atoms with Crippen LogP contribution < -0.4 is 5.32 Å². The van der Waals surface area contributed by atoms with Gasteiger partial charge in [0.05, 0.1) is 5.02 Å². The molecule has 0 aliphatic heterocycles. The Kier molecular flexibility index (Phi) is 7.69. The zero-order chi connectivity index (χ0) is 15.9. The van der Waals surface area contributed by atoms with Crippen molar-refractivity contribution in [1.82, 2.24) is 5.32 Å². The van der Waals surface area contributed by atoms with Gasteiger partial charge in [-0.3, -0.25) is 0 Å². The third kappa shape index (κ3) is 5.96. The second-order valence-corrected chi connectivity index (χ2v) is 6.83. The molecule has 0 spiro atoms. The third-order valence-electron chi connectivity index (χ3n) is 4.26. The van der Waals surface area contributed by atoms with E-state index in [1.54, 1.807) is 12.1 Å². The van der Waals surface area contributed by atoms with Crippen molar-refractivity contribution in [3.8, 4) is 0 Å². The molecule has 1 rings (SSSR count). The van der Waals surface area contributed by atoms with Gasteiger partial charge in [-0.05, 0) is 42.4 Å². The number of halogens is 2. The van der Waals surface area contributed by atoms with Gasteiger partial charge < -0.3 is 5.32 Å². The zero-order valence-corrected chi connectivity index (χ0v) is 14.6. The van der Waals surface area contributed by atoms with E-state index >= 15 is 0 Å². The molecule has 1 atom stereocenters. The smallest absolute Gasteiger partial charge is 0.142 e. The molecule has 1 aromatic carbocycles. The van der Waals surface area contributed by atoms with E-state index in [1.807, 2.05) is 6.07 Å². The SMILES string of the molecule is CCCCC(CC)(CNC(C)C)Cc1ccc(Cl)c(F)c1. The van der Waals surface area contributed by atoms with Crippen LogP contribution in [0.5, 0.6) is 0 Å². The third-order valence-corrected chi connectivity index (χ3v) is 4.57. The van der Waals surface area contributed by atoms with Gasteiger partial charge in [0.1, 0.15) is 5.82 Å². The van der Waals surface area contributed by atoms with Crippen molar-refractivity contribution in [2.75, 3.05) is 6.54 Å². The second-order valence-electron chi connectivity index (χ2n) is 6.42. The summed E-state index contributed by atoms with van der Waals surface area (Å²) in [6.07, 6.45) is 5.57. The van der Waals surface area contributed by atoms with Crippen LogP contribution >= 0.6 is 11.6 Å². The molecule has 0 aliphatic carbocycles. The molecule has 1 nitrogen and oxygen atoms in total. The number of rotatable bonds is 9. The van der Waals surface area contributed by atoms with Crippen molar-refractivity contribution in [3.63, 3.8) is 0 Å². The lowest BCUT2D eigenvalue weighted by Crippen LogP contribution is -2.39. The maximum atomic E-state index is 13.7. The van der Waals surface area contributed by atoms with E-state index in [1.165, 1.54) is 19.3 Å². The summed E-state index contributed by atoms with van der Waals surface area (Å²) in [6, 6.07) is 5.69. The Bertz CT molecular complexity index is 433. The molecule has 1 unspecified atom stereocenters. The molecule has 0 bridgehead atoms. The molecule has 0 saturated heterocycles. The molecule has 120 valence electrons. The highest BCUT2D eigenvalue weighted by molar-refractivity contribution is 6.30. The van der Waals surface area contributed by atoms with Crippen molar-refractivity contribution < 1.29 is 4.39 Å². The van der Waals surface area contributed by atoms with Crippen LogP contribution in [0.1, 0.15) is 58.9 Å². The van der Waals surface area contributed by atoms with Crippen molar-refractivity contribution >= 4 is 11.6 Å². The first-order valence-corrected chi connectivity index (χ1v) is 8.47. The molecule has 0 aliphatic rings. The Labute approximate surface area is 134 Å². The predicted molar refractivity (Wildman–Crippen MR) is 90.5 cm³/mol. The Hall–Kier alpha value is -0.600. The van der Waals surface area contributed by atoms with Crippen molar-refractivity contribution in [2.24, 2.45) is 5.41 Å². The van der Waals surface area contributed by atoms with E-state index in [2.05, 4.69) is 33.0 Å². The lowest BCUT2D eigenvalue weighted by Gasteiger charge is -2.34. The predicted octanol–water partition coefficient (Wildman–Crippen LogP) is 5.61. The van der Waals surface area contributed by atoms with Gasteiger partial charge in [-0.15, -0.1) is 0 Å². The lowest BCUT2D eigenvalue weighted by atomic mass is 9.75. The molecule has 0 radical (unpaired) electrons. The quantitative estimate of drug-likeness (QED) is 0.625. The summed E-state index contributed by atoms with van der Waals surface area (Å²) < 4.78 is 13.7. The van der Waals surface area contributed by atoms with E-state index in [9.17, 15) is 4.39 Å². The first-order chi connectivity index (χ1) is 9.92. The lowest BCUT2D eigenvalue weighted by molar-refractivity contribution is 0.223. The van der Waals surface area contributed by atoms with Crippen LogP contribution in [0.4, 0.5) is 4.39 Å². The molecule has 0 amide bonds. The Morgan fingerprint density at radius 1 is 1.29 bits per heavy atom. The molecule has 1 aromatic rings. The Morgan fingerprint density at radius 3 is 2.52 bits per heavy atom. The van der Waals surface area contributed by atoms with Gasteiger partial charge in [-0.1, -0.05) is 58.2 Å². The van der Waals surface area contributed by atoms with E-state index in [4.69, 9.17) is 11.6 Å². The van der Waals surface area contributed by atoms with Crippen LogP contribution in [-0.4, -0.2) is 12.6 Å². The van der Waals surface area contributed by atoms with Crippen molar-refractivity contribution in [2.45, 2.75) is 65.8 Å². The topological polar surface area (TPSA) is 12.0 Å². The van der Waals surface area contributed by atoms with Crippen LogP contribution in [0, 0.1) is 11.2 Å². The van der Waals surface area contributed by atoms with Gasteiger partial charge in [0.15, 0.2) is 0 Å². The van der Waals surface area contributed by atoms with Gasteiger partial charge in [-0.25, -0.2) is 4.39 Å². The Balaban J connectivity index is 2.89. The summed E-state index contributed by atoms with van der Waals surface area (Å²) >= 11 is 5.78. The van der Waals surface area contributed by atoms with Gasteiger partial charge in [0.2, 0.25) is 0 Å². The number of hydrogen-bond acceptors (Lipinski definition) is 1. The number of unbranched alkanes of at least 4 members (excludes halogenated alkanes) is 1. The van der Waals surface area contributed by atoms with Crippen LogP contribution in [0.15, 0.2) is 18.2 Å². The fourth-order valence-corrected chi connectivity index (χ4v) is 2.84. The normalized spacial score (nSPS) is 14.4. The minimum Gasteiger partial charge on any atom is -0.314 e. The fourth-order valence-electron chi connectivity index (χ4n) is 2.72. The second kappa shape index (κ2) is 8.75. The molecule has 0 heterocycles. The summed E-state index contributed by atoms with van der Waals surface area (Å²) in [5.74, 6) is -0.313. The maximum Gasteiger partial charge on any atom is 0.142 e. The van der Waals surface area contributed by atoms with Crippen LogP contribution in [-0.2, 0) is 6.42 Å². The van der Waals surface area contributed by atoms with Gasteiger partial charge in [-0.2, -0.15) is 0 Å². The average molecular weight is 314 g/mol. The van der Waals surface area contributed by atoms with Crippen molar-refractivity contribution in [1.29, 1.82) is 0 Å². The number of benzene rings is 1. The molecule has 0 saturated carbocycles. The minimum atomic E-state index is -0.313. The average Bonchev–Trinajstić information content (AvgIpc) is 2.46. The molecule has 21 heavy (non-hydrogen) atoms. The van der Waals surface area contributed by atoms with Crippen LogP contribution in [0.2, 0.25) is 5.02 Å². The van der Waals surface area contributed by atoms with Crippen LogP contribution in [0.25, 0.3) is 0 Å². The van der Waals surface area contributed by atoms with E-state index in [-0.39, 0.29) is 16.3 Å². The fraction of sp³-hybridized carbons (Fsp3) is 0.667. The summed E-state index contributed by atoms with van der Waals surface area (Å²) in [6.45, 7) is 9.78. The standard InChI is InChI=1S/C18H29ClFN/c1-5-7-10-18(6-2,13-21-14(3)4)12-15-8-9-16(19)17(20)11-15/h8-9,11,14,21H,5-7,10,12-13H2,1-4H3. The highest BCUT2D eigenvalue weighted by atomic mass is 35.5. The highest BCUT2D eigenvalue weighted by Crippen LogP contribution is 2.33. The van der Waals surface area contributed by atoms with Gasteiger partial charge in [0, 0.05) is 12.6 Å². The zero-order valence-electron chi connectivity index (χ0n) is 13.8. The Morgan fingerprint density at radius 2 is 2.00 bits per heavy atom. The van der Waals surface area contributed by atoms with Gasteiger partial charge >= 0.3 is 0 Å². The molecule has 3 heteroatoms. The molecule has 0 fully saturated rings. The summed E-state index contributed by atoms with van der Waals surface area (Å²) in [4.78, 5) is 0. The van der Waals surface area contributed by atoms with E-state index < -0.39 is 0 Å². The largest absolute Gasteiger partial charge is 0.314 e. The van der Waals surface area contributed by atoms with E-state index in [0.29, 0.717) is 6.04 Å². The molecular weight excluding hydrogens is 285 g/mol. The highest BCUT2D eigenvalue weighted by Gasteiger charge is 2.28. The summed E-state index contributed by atoms with van der Waals surface area (Å²) in [5, 5.41) is 3.78. The maximum absolute atomic E-state index is 13.7. The van der Waals surface area contributed by atoms with E-state index in [0.717, 1.165) is 24.9 Å². The minimum absolute atomic E-state index is 0.195. The first kappa shape index (κ1) is 18.4. The van der Waals surface area contributed by atoms with Gasteiger partial charge in [0.25, 0.3) is 0 Å². The molecule has 1 N–H and O–H groups in total. The number of hydrogen-bond donors (Lipinski definition) is 1. The summed E-state index contributed by atoms with van der Waals surface area (Å²) in [7, 11) is 0. The number of nitrogens with one attached hydrogen (secondary N) is 1. The first-order valence-electron chi connectivity index (χ1n) is 8.09. The molecular formula is C18H29ClFN. The summed E-state index contributed by atoms with van der Waals surface area (Å²) in [5.41, 5.74) is 1.24. The molecule has 0 aromatic heterocycles. The monoisotopic (exact) mass is 313 g/mol. The van der Waals surface area contributed by atoms with Crippen molar-refractivity contribution in [3.05, 3.63) is 34.6 Å². The van der Waals surface area contributed by atoms with Crippen LogP contribution in [0.3, 0.4) is 0 Å².